The van der Waals surface area contributed by atoms with Crippen molar-refractivity contribution in [2.45, 2.75) is 19.4 Å². The van der Waals surface area contributed by atoms with Gasteiger partial charge in [-0.25, -0.2) is 4.39 Å². The van der Waals surface area contributed by atoms with E-state index in [1.165, 1.54) is 18.9 Å². The number of oxime groups is 1. The van der Waals surface area contributed by atoms with E-state index in [0.29, 0.717) is 12.1 Å². The molecule has 1 aromatic rings. The summed E-state index contributed by atoms with van der Waals surface area (Å²) < 4.78 is 14.1. The molecule has 0 atom stereocenters. The molecule has 1 fully saturated rings. The van der Waals surface area contributed by atoms with Crippen molar-refractivity contribution in [2.75, 3.05) is 26.2 Å². The number of amidine groups is 1. The van der Waals surface area contributed by atoms with Gasteiger partial charge in [0.1, 0.15) is 5.82 Å². The third kappa shape index (κ3) is 3.68. The SMILES string of the molecule is N/C(=N/O)c1cccc(CNCCN2CCCC2)c1F. The minimum atomic E-state index is -0.434. The van der Waals surface area contributed by atoms with Crippen LogP contribution in [0.1, 0.15) is 24.0 Å². The highest BCUT2D eigenvalue weighted by Gasteiger charge is 2.12. The van der Waals surface area contributed by atoms with Crippen molar-refractivity contribution in [3.05, 3.63) is 35.1 Å². The van der Waals surface area contributed by atoms with E-state index in [-0.39, 0.29) is 11.4 Å². The van der Waals surface area contributed by atoms with Crippen LogP contribution in [-0.4, -0.2) is 42.1 Å². The van der Waals surface area contributed by atoms with Crippen LogP contribution in [0.15, 0.2) is 23.4 Å². The fourth-order valence-electron chi connectivity index (χ4n) is 2.43. The molecule has 0 spiro atoms. The minimum absolute atomic E-state index is 0.131. The van der Waals surface area contributed by atoms with E-state index in [9.17, 15) is 4.39 Å². The van der Waals surface area contributed by atoms with Crippen molar-refractivity contribution in [1.29, 1.82) is 0 Å². The second-order valence-electron chi connectivity index (χ2n) is 4.99. The van der Waals surface area contributed by atoms with E-state index in [1.807, 2.05) is 0 Å². The Morgan fingerprint density at radius 3 is 2.85 bits per heavy atom. The summed E-state index contributed by atoms with van der Waals surface area (Å²) in [6, 6.07) is 4.90. The highest BCUT2D eigenvalue weighted by Crippen LogP contribution is 2.12. The summed E-state index contributed by atoms with van der Waals surface area (Å²) in [4.78, 5) is 2.40. The molecule has 1 aromatic carbocycles. The molecule has 0 amide bonds. The average Bonchev–Trinajstić information content (AvgIpc) is 2.97. The topological polar surface area (TPSA) is 73.9 Å². The van der Waals surface area contributed by atoms with E-state index >= 15 is 0 Å². The van der Waals surface area contributed by atoms with Crippen LogP contribution < -0.4 is 11.1 Å². The van der Waals surface area contributed by atoms with Gasteiger partial charge in [0.2, 0.25) is 0 Å². The molecule has 4 N–H and O–H groups in total. The number of likely N-dealkylation sites (tertiary alicyclic amines) is 1. The molecule has 110 valence electrons. The summed E-state index contributed by atoms with van der Waals surface area (Å²) in [6.45, 7) is 4.57. The summed E-state index contributed by atoms with van der Waals surface area (Å²) in [5.41, 5.74) is 6.09. The monoisotopic (exact) mass is 280 g/mol. The number of hydrogen-bond acceptors (Lipinski definition) is 4. The van der Waals surface area contributed by atoms with E-state index in [4.69, 9.17) is 10.9 Å². The molecule has 5 nitrogen and oxygen atoms in total. The van der Waals surface area contributed by atoms with Crippen LogP contribution in [0.2, 0.25) is 0 Å². The van der Waals surface area contributed by atoms with Crippen LogP contribution in [0.3, 0.4) is 0 Å². The zero-order valence-electron chi connectivity index (χ0n) is 11.5. The third-order valence-electron chi connectivity index (χ3n) is 3.58. The third-order valence-corrected chi connectivity index (χ3v) is 3.58. The lowest BCUT2D eigenvalue weighted by Crippen LogP contribution is -2.30. The molecule has 0 aliphatic carbocycles. The molecule has 1 heterocycles. The minimum Gasteiger partial charge on any atom is -0.409 e. The van der Waals surface area contributed by atoms with Gasteiger partial charge in [0.05, 0.1) is 5.56 Å². The lowest BCUT2D eigenvalue weighted by atomic mass is 10.1. The van der Waals surface area contributed by atoms with Crippen molar-refractivity contribution >= 4 is 5.84 Å². The Kier molecular flexibility index (Phi) is 5.31. The Morgan fingerprint density at radius 1 is 1.40 bits per heavy atom. The fraction of sp³-hybridized carbons (Fsp3) is 0.500. The Balaban J connectivity index is 1.86. The lowest BCUT2D eigenvalue weighted by Gasteiger charge is -2.15. The van der Waals surface area contributed by atoms with Crippen molar-refractivity contribution < 1.29 is 9.60 Å². The molecule has 1 aliphatic heterocycles. The molecule has 0 aromatic heterocycles. The van der Waals surface area contributed by atoms with Crippen molar-refractivity contribution in [2.24, 2.45) is 10.9 Å². The lowest BCUT2D eigenvalue weighted by molar-refractivity contribution is 0.318. The predicted molar refractivity (Wildman–Crippen MR) is 76.3 cm³/mol. The summed E-state index contributed by atoms with van der Waals surface area (Å²) in [5, 5.41) is 14.7. The first-order valence-electron chi connectivity index (χ1n) is 6.90. The summed E-state index contributed by atoms with van der Waals surface area (Å²) in [6.07, 6.45) is 2.55. The number of nitrogens with zero attached hydrogens (tertiary/aromatic N) is 2. The van der Waals surface area contributed by atoms with Gasteiger partial charge in [0.15, 0.2) is 5.84 Å². The summed E-state index contributed by atoms with van der Waals surface area (Å²) >= 11 is 0. The molecular formula is C14H21FN4O. The standard InChI is InChI=1S/C14H21FN4O/c15-13-11(4-3-5-12(13)14(16)18-20)10-17-6-9-19-7-1-2-8-19/h3-5,17,20H,1-2,6-10H2,(H2,16,18). The maximum atomic E-state index is 14.1. The van der Waals surface area contributed by atoms with Gasteiger partial charge in [-0.3, -0.25) is 0 Å². The van der Waals surface area contributed by atoms with Gasteiger partial charge in [0.25, 0.3) is 0 Å². The van der Waals surface area contributed by atoms with Gasteiger partial charge in [0, 0.05) is 25.2 Å². The van der Waals surface area contributed by atoms with Crippen LogP contribution in [0.25, 0.3) is 0 Å². The Bertz CT molecular complexity index is 472. The first-order valence-corrected chi connectivity index (χ1v) is 6.90. The first-order chi connectivity index (χ1) is 9.72. The number of rotatable bonds is 6. The Morgan fingerprint density at radius 2 is 2.15 bits per heavy atom. The maximum Gasteiger partial charge on any atom is 0.173 e. The normalized spacial score (nSPS) is 16.8. The molecule has 20 heavy (non-hydrogen) atoms. The first kappa shape index (κ1) is 14.7. The Hall–Kier alpha value is -1.66. The molecule has 1 aliphatic rings. The van der Waals surface area contributed by atoms with Gasteiger partial charge in [-0.05, 0) is 32.0 Å². The van der Waals surface area contributed by atoms with Crippen LogP contribution in [0.5, 0.6) is 0 Å². The molecule has 1 saturated heterocycles. The molecule has 0 unspecified atom stereocenters. The predicted octanol–water partition coefficient (Wildman–Crippen LogP) is 1.11. The molecule has 6 heteroatoms. The number of hydrogen-bond donors (Lipinski definition) is 3. The highest BCUT2D eigenvalue weighted by molar-refractivity contribution is 5.97. The number of benzene rings is 1. The van der Waals surface area contributed by atoms with Gasteiger partial charge >= 0.3 is 0 Å². The molecule has 0 saturated carbocycles. The summed E-state index contributed by atoms with van der Waals surface area (Å²) in [7, 11) is 0. The summed E-state index contributed by atoms with van der Waals surface area (Å²) in [5.74, 6) is -0.641. The van der Waals surface area contributed by atoms with Gasteiger partial charge in [-0.2, -0.15) is 0 Å². The maximum absolute atomic E-state index is 14.1. The van der Waals surface area contributed by atoms with E-state index in [2.05, 4.69) is 15.4 Å². The number of nitrogens with one attached hydrogen (secondary N) is 1. The largest absolute Gasteiger partial charge is 0.409 e. The zero-order chi connectivity index (χ0) is 14.4. The number of halogens is 1. The fourth-order valence-corrected chi connectivity index (χ4v) is 2.43. The van der Waals surface area contributed by atoms with Crippen LogP contribution >= 0.6 is 0 Å². The molecule has 2 rings (SSSR count). The van der Waals surface area contributed by atoms with Gasteiger partial charge < -0.3 is 21.2 Å². The van der Waals surface area contributed by atoms with Gasteiger partial charge in [-0.1, -0.05) is 17.3 Å². The molecular weight excluding hydrogens is 259 g/mol. The molecule has 0 radical (unpaired) electrons. The van der Waals surface area contributed by atoms with E-state index < -0.39 is 5.82 Å². The highest BCUT2D eigenvalue weighted by atomic mass is 19.1. The van der Waals surface area contributed by atoms with E-state index in [0.717, 1.165) is 26.2 Å². The van der Waals surface area contributed by atoms with Crippen LogP contribution in [0, 0.1) is 5.82 Å². The van der Waals surface area contributed by atoms with Crippen molar-refractivity contribution in [1.82, 2.24) is 10.2 Å². The second kappa shape index (κ2) is 7.21. The average molecular weight is 280 g/mol. The smallest absolute Gasteiger partial charge is 0.173 e. The molecule has 0 bridgehead atoms. The van der Waals surface area contributed by atoms with Crippen molar-refractivity contribution in [3.63, 3.8) is 0 Å². The van der Waals surface area contributed by atoms with Crippen molar-refractivity contribution in [3.8, 4) is 0 Å². The zero-order valence-corrected chi connectivity index (χ0v) is 11.5. The van der Waals surface area contributed by atoms with Crippen LogP contribution in [0.4, 0.5) is 4.39 Å². The van der Waals surface area contributed by atoms with E-state index in [1.54, 1.807) is 12.1 Å². The quantitative estimate of drug-likeness (QED) is 0.240. The van der Waals surface area contributed by atoms with Crippen LogP contribution in [-0.2, 0) is 6.54 Å². The second-order valence-corrected chi connectivity index (χ2v) is 4.99. The Labute approximate surface area is 118 Å². The van der Waals surface area contributed by atoms with Gasteiger partial charge in [-0.15, -0.1) is 0 Å². The number of nitrogens with two attached hydrogens (primary N) is 1.